The summed E-state index contributed by atoms with van der Waals surface area (Å²) in [4.78, 5) is 44.1. The zero-order valence-corrected chi connectivity index (χ0v) is 27.9. The molecule has 4 heterocycles. The standard InChI is InChI=1S/C34H40BrClN6O2/c1-22-17-39(21-38-22)18-23-4-3-11-41(19-23)32(43)29-20-40(12-13-42(29)33(44)34(2)9-10-34)31-28-8-7-27(36)15-24(28)5-6-25-14-26(35)16-37-30(25)31/h7-8,14-17,21,23,29,31H,3-6,9-13,18-20H2,1-2H3/t23-,29+,31-/m0/s1. The summed E-state index contributed by atoms with van der Waals surface area (Å²) in [6.07, 6.45) is 11.4. The summed E-state index contributed by atoms with van der Waals surface area (Å²) >= 11 is 10.1. The van der Waals surface area contributed by atoms with Crippen LogP contribution in [0.4, 0.5) is 0 Å². The molecule has 2 saturated heterocycles. The predicted molar refractivity (Wildman–Crippen MR) is 173 cm³/mol. The Morgan fingerprint density at radius 1 is 1.07 bits per heavy atom. The Balaban J connectivity index is 1.20. The summed E-state index contributed by atoms with van der Waals surface area (Å²) in [5.74, 6) is 0.570. The summed E-state index contributed by atoms with van der Waals surface area (Å²) in [6.45, 7) is 8.03. The molecule has 0 spiro atoms. The van der Waals surface area contributed by atoms with Crippen molar-refractivity contribution in [2.45, 2.75) is 71.0 Å². The van der Waals surface area contributed by atoms with Gasteiger partial charge in [-0.25, -0.2) is 4.98 Å². The molecule has 0 N–H and O–H groups in total. The number of nitrogens with zero attached hydrogens (tertiary/aromatic N) is 6. The molecule has 3 atom stereocenters. The average molecular weight is 680 g/mol. The maximum atomic E-state index is 14.5. The fraction of sp³-hybridized carbons (Fsp3) is 0.529. The van der Waals surface area contributed by atoms with E-state index in [-0.39, 0.29) is 23.3 Å². The molecule has 2 aliphatic heterocycles. The quantitative estimate of drug-likeness (QED) is 0.359. The number of likely N-dealkylation sites (tertiary alicyclic amines) is 1. The Morgan fingerprint density at radius 3 is 2.66 bits per heavy atom. The summed E-state index contributed by atoms with van der Waals surface area (Å²) in [6, 6.07) is 7.71. The van der Waals surface area contributed by atoms with E-state index in [4.69, 9.17) is 16.6 Å². The van der Waals surface area contributed by atoms with Crippen LogP contribution < -0.4 is 0 Å². The number of carbonyl (C=O) groups is 2. The number of piperazine rings is 1. The second kappa shape index (κ2) is 11.9. The lowest BCUT2D eigenvalue weighted by Gasteiger charge is -2.46. The molecular formula is C34H40BrClN6O2. The minimum Gasteiger partial charge on any atom is -0.341 e. The van der Waals surface area contributed by atoms with Crippen molar-refractivity contribution in [1.29, 1.82) is 0 Å². The zero-order chi connectivity index (χ0) is 30.6. The molecule has 0 unspecified atom stereocenters. The summed E-state index contributed by atoms with van der Waals surface area (Å²) in [5.41, 5.74) is 5.31. The SMILES string of the molecule is Cc1cn(C[C@@H]2CCCN(C(=O)[C@H]3CN([C@H]4c5ccc(Cl)cc5CCc5cc(Br)cnc54)CCN3C(=O)C3(C)CC3)C2)cn1. The highest BCUT2D eigenvalue weighted by atomic mass is 79.9. The predicted octanol–water partition coefficient (Wildman–Crippen LogP) is 5.44. The van der Waals surface area contributed by atoms with Gasteiger partial charge < -0.3 is 14.4 Å². The molecule has 2 aliphatic carbocycles. The van der Waals surface area contributed by atoms with E-state index in [1.165, 1.54) is 16.7 Å². The molecule has 3 fully saturated rings. The molecule has 2 amide bonds. The molecule has 0 bridgehead atoms. The third kappa shape index (κ3) is 5.83. The molecule has 44 heavy (non-hydrogen) atoms. The monoisotopic (exact) mass is 678 g/mol. The van der Waals surface area contributed by atoms with Gasteiger partial charge in [0.1, 0.15) is 6.04 Å². The molecule has 8 nitrogen and oxygen atoms in total. The fourth-order valence-electron chi connectivity index (χ4n) is 7.52. The van der Waals surface area contributed by atoms with Crippen LogP contribution in [0, 0.1) is 18.3 Å². The number of halogens is 2. The van der Waals surface area contributed by atoms with Gasteiger partial charge >= 0.3 is 0 Å². The third-order valence-electron chi connectivity index (χ3n) is 10.2. The van der Waals surface area contributed by atoms with Gasteiger partial charge in [-0.1, -0.05) is 24.6 Å². The number of amides is 2. The van der Waals surface area contributed by atoms with Gasteiger partial charge in [-0.15, -0.1) is 0 Å². The molecule has 4 aliphatic rings. The first-order valence-corrected chi connectivity index (χ1v) is 17.1. The van der Waals surface area contributed by atoms with Crippen LogP contribution in [0.15, 0.2) is 47.5 Å². The van der Waals surface area contributed by atoms with Crippen molar-refractivity contribution in [1.82, 2.24) is 29.2 Å². The number of fused-ring (bicyclic) bond motifs is 2. The molecule has 3 aromatic rings. The van der Waals surface area contributed by atoms with E-state index in [9.17, 15) is 9.59 Å². The lowest BCUT2D eigenvalue weighted by Crippen LogP contribution is -2.63. The van der Waals surface area contributed by atoms with Crippen molar-refractivity contribution in [2.24, 2.45) is 11.3 Å². The van der Waals surface area contributed by atoms with Gasteiger partial charge in [0.25, 0.3) is 0 Å². The number of pyridine rings is 1. The van der Waals surface area contributed by atoms with Gasteiger partial charge in [0, 0.05) is 66.6 Å². The number of carbonyl (C=O) groups excluding carboxylic acids is 2. The first-order chi connectivity index (χ1) is 21.2. The van der Waals surface area contributed by atoms with Crippen LogP contribution in [0.5, 0.6) is 0 Å². The van der Waals surface area contributed by atoms with Crippen LogP contribution in [0.1, 0.15) is 66.7 Å². The van der Waals surface area contributed by atoms with E-state index in [2.05, 4.69) is 61.7 Å². The first-order valence-electron chi connectivity index (χ1n) is 15.9. The lowest BCUT2D eigenvalue weighted by atomic mass is 9.93. The van der Waals surface area contributed by atoms with Crippen molar-refractivity contribution in [3.8, 4) is 0 Å². The summed E-state index contributed by atoms with van der Waals surface area (Å²) in [7, 11) is 0. The summed E-state index contributed by atoms with van der Waals surface area (Å²) in [5, 5.41) is 0.731. The molecule has 7 rings (SSSR count). The lowest BCUT2D eigenvalue weighted by molar-refractivity contribution is -0.154. The number of rotatable bonds is 5. The van der Waals surface area contributed by atoms with Crippen LogP contribution in [0.25, 0.3) is 0 Å². The van der Waals surface area contributed by atoms with E-state index < -0.39 is 6.04 Å². The number of hydrogen-bond donors (Lipinski definition) is 0. The van der Waals surface area contributed by atoms with Crippen molar-refractivity contribution in [3.63, 3.8) is 0 Å². The van der Waals surface area contributed by atoms with Gasteiger partial charge in [-0.3, -0.25) is 19.5 Å². The normalized spacial score (nSPS) is 24.8. The minimum absolute atomic E-state index is 0.0766. The molecule has 0 radical (unpaired) electrons. The largest absolute Gasteiger partial charge is 0.341 e. The molecule has 232 valence electrons. The zero-order valence-electron chi connectivity index (χ0n) is 25.5. The third-order valence-corrected chi connectivity index (χ3v) is 10.9. The number of imidazole rings is 1. The van der Waals surface area contributed by atoms with E-state index in [1.807, 2.05) is 35.3 Å². The van der Waals surface area contributed by atoms with Gasteiger partial charge in [-0.05, 0) is 102 Å². The Hall–Kier alpha value is -2.75. The maximum Gasteiger partial charge on any atom is 0.246 e. The van der Waals surface area contributed by atoms with E-state index in [0.29, 0.717) is 32.1 Å². The van der Waals surface area contributed by atoms with Crippen molar-refractivity contribution >= 4 is 39.3 Å². The van der Waals surface area contributed by atoms with Gasteiger partial charge in [-0.2, -0.15) is 0 Å². The fourth-order valence-corrected chi connectivity index (χ4v) is 8.09. The van der Waals surface area contributed by atoms with Crippen molar-refractivity contribution in [3.05, 3.63) is 80.6 Å². The first kappa shape index (κ1) is 29.9. The maximum absolute atomic E-state index is 14.5. The Labute approximate surface area is 272 Å². The number of aryl methyl sites for hydroxylation is 3. The molecule has 1 saturated carbocycles. The smallest absolute Gasteiger partial charge is 0.246 e. The second-order valence-corrected chi connectivity index (χ2v) is 14.9. The Morgan fingerprint density at radius 2 is 1.89 bits per heavy atom. The molecule has 1 aromatic carbocycles. The topological polar surface area (TPSA) is 74.6 Å². The second-order valence-electron chi connectivity index (χ2n) is 13.5. The molecule has 2 aromatic heterocycles. The van der Waals surface area contributed by atoms with E-state index in [1.54, 1.807) is 0 Å². The van der Waals surface area contributed by atoms with Gasteiger partial charge in [0.15, 0.2) is 0 Å². The van der Waals surface area contributed by atoms with Crippen molar-refractivity contribution in [2.75, 3.05) is 32.7 Å². The molecule has 10 heteroatoms. The number of aromatic nitrogens is 3. The van der Waals surface area contributed by atoms with Gasteiger partial charge in [0.05, 0.1) is 23.8 Å². The number of benzene rings is 1. The minimum atomic E-state index is -0.527. The Kier molecular flexibility index (Phi) is 8.08. The van der Waals surface area contributed by atoms with E-state index >= 15 is 0 Å². The average Bonchev–Trinajstić information content (AvgIpc) is 3.68. The van der Waals surface area contributed by atoms with Gasteiger partial charge in [0.2, 0.25) is 11.8 Å². The highest BCUT2D eigenvalue weighted by Gasteiger charge is 2.51. The highest BCUT2D eigenvalue weighted by Crippen LogP contribution is 2.47. The highest BCUT2D eigenvalue weighted by molar-refractivity contribution is 9.10. The van der Waals surface area contributed by atoms with Crippen LogP contribution >= 0.6 is 27.5 Å². The van der Waals surface area contributed by atoms with E-state index in [0.717, 1.165) is 72.5 Å². The van der Waals surface area contributed by atoms with Crippen LogP contribution in [0.3, 0.4) is 0 Å². The molecular weight excluding hydrogens is 640 g/mol. The van der Waals surface area contributed by atoms with Crippen LogP contribution in [0.2, 0.25) is 5.02 Å². The number of hydrogen-bond acceptors (Lipinski definition) is 5. The Bertz CT molecular complexity index is 1530. The number of piperidine rings is 1. The van der Waals surface area contributed by atoms with Crippen molar-refractivity contribution < 1.29 is 9.59 Å². The van der Waals surface area contributed by atoms with Crippen LogP contribution in [-0.2, 0) is 29.0 Å². The summed E-state index contributed by atoms with van der Waals surface area (Å²) < 4.78 is 3.10. The van der Waals surface area contributed by atoms with Crippen LogP contribution in [-0.4, -0.2) is 79.8 Å².